The first-order valence-corrected chi connectivity index (χ1v) is 12.3. The van der Waals surface area contributed by atoms with Crippen LogP contribution >= 0.6 is 11.6 Å². The van der Waals surface area contributed by atoms with Crippen molar-refractivity contribution in [2.24, 2.45) is 0 Å². The molecule has 0 atom stereocenters. The second-order valence-corrected chi connectivity index (χ2v) is 10.2. The molecule has 1 aromatic heterocycles. The molecular weight excluding hydrogens is 450 g/mol. The first-order chi connectivity index (χ1) is 16.2. The largest absolute Gasteiger partial charge is 0.495 e. The molecule has 6 nitrogen and oxygen atoms in total. The number of ether oxygens (including phenoxy) is 1. The quantitative estimate of drug-likeness (QED) is 0.431. The second-order valence-electron chi connectivity index (χ2n) is 9.77. The van der Waals surface area contributed by atoms with E-state index >= 15 is 0 Å². The maximum Gasteiger partial charge on any atom is 0.271 e. The minimum absolute atomic E-state index is 0.0176. The molecule has 1 aliphatic rings. The maximum atomic E-state index is 13.8. The molecule has 2 heterocycles. The van der Waals surface area contributed by atoms with E-state index in [0.29, 0.717) is 22.7 Å². The Morgan fingerprint density at radius 3 is 2.50 bits per heavy atom. The summed E-state index contributed by atoms with van der Waals surface area (Å²) in [6, 6.07) is 13.5. The normalized spacial score (nSPS) is 15.1. The maximum absolute atomic E-state index is 13.8. The summed E-state index contributed by atoms with van der Waals surface area (Å²) in [5, 5.41) is 5.69. The number of rotatable bonds is 6. The lowest BCUT2D eigenvalue weighted by Crippen LogP contribution is -2.56. The minimum atomic E-state index is -0.125. The fraction of sp³-hybridized carbons (Fsp3) is 0.444. The average molecular weight is 484 g/mol. The third-order valence-electron chi connectivity index (χ3n) is 6.26. The van der Waals surface area contributed by atoms with Crippen LogP contribution in [0, 0.1) is 0 Å². The number of carbonyl (C=O) groups excluding carboxylic acids is 1. The van der Waals surface area contributed by atoms with Crippen molar-refractivity contribution in [3.05, 3.63) is 58.8 Å². The fourth-order valence-corrected chi connectivity index (χ4v) is 4.58. The number of furan rings is 1. The van der Waals surface area contributed by atoms with E-state index in [9.17, 15) is 4.79 Å². The Morgan fingerprint density at radius 2 is 1.85 bits per heavy atom. The molecule has 1 saturated heterocycles. The molecule has 0 radical (unpaired) electrons. The Balaban J connectivity index is 1.56. The Bertz CT molecular complexity index is 1160. The minimum Gasteiger partial charge on any atom is -0.495 e. The van der Waals surface area contributed by atoms with E-state index < -0.39 is 0 Å². The van der Waals surface area contributed by atoms with E-state index in [4.69, 9.17) is 20.8 Å². The first-order valence-electron chi connectivity index (χ1n) is 11.9. The van der Waals surface area contributed by atoms with Gasteiger partial charge in [0, 0.05) is 48.5 Å². The monoisotopic (exact) mass is 483 g/mol. The molecule has 1 fully saturated rings. The number of hydrazine groups is 1. The molecule has 0 spiro atoms. The molecule has 3 aromatic rings. The van der Waals surface area contributed by atoms with Crippen LogP contribution in [0.15, 0.2) is 46.9 Å². The van der Waals surface area contributed by atoms with E-state index in [2.05, 4.69) is 37.6 Å². The van der Waals surface area contributed by atoms with Crippen molar-refractivity contribution in [3.63, 3.8) is 0 Å². The van der Waals surface area contributed by atoms with Gasteiger partial charge in [0.15, 0.2) is 0 Å². The van der Waals surface area contributed by atoms with Crippen molar-refractivity contribution in [1.29, 1.82) is 0 Å². The summed E-state index contributed by atoms with van der Waals surface area (Å²) in [4.78, 5) is 16.0. The number of fused-ring (bicyclic) bond motifs is 1. The zero-order valence-electron chi connectivity index (χ0n) is 20.7. The van der Waals surface area contributed by atoms with E-state index in [1.54, 1.807) is 7.11 Å². The molecule has 2 aromatic carbocycles. The van der Waals surface area contributed by atoms with Gasteiger partial charge in [-0.25, -0.2) is 5.01 Å². The smallest absolute Gasteiger partial charge is 0.271 e. The summed E-state index contributed by atoms with van der Waals surface area (Å²) in [7, 11) is 1.67. The molecule has 182 valence electrons. The third kappa shape index (κ3) is 4.89. The van der Waals surface area contributed by atoms with Crippen LogP contribution in [0.1, 0.15) is 50.2 Å². The highest BCUT2D eigenvalue weighted by atomic mass is 35.5. The number of piperazine rings is 1. The predicted octanol–water partition coefficient (Wildman–Crippen LogP) is 5.98. The van der Waals surface area contributed by atoms with Crippen molar-refractivity contribution in [1.82, 2.24) is 10.0 Å². The molecule has 0 aliphatic carbocycles. The number of nitrogens with zero attached hydrogens (tertiary/aromatic N) is 3. The fourth-order valence-electron chi connectivity index (χ4n) is 4.41. The molecule has 7 heteroatoms. The van der Waals surface area contributed by atoms with Gasteiger partial charge in [-0.1, -0.05) is 51.4 Å². The highest BCUT2D eigenvalue weighted by molar-refractivity contribution is 6.31. The number of hydrogen-bond donors (Lipinski definition) is 0. The van der Waals surface area contributed by atoms with Crippen LogP contribution in [0.3, 0.4) is 0 Å². The van der Waals surface area contributed by atoms with E-state index in [-0.39, 0.29) is 11.3 Å². The second kappa shape index (κ2) is 9.88. The Morgan fingerprint density at radius 1 is 1.12 bits per heavy atom. The Labute approximate surface area is 207 Å². The van der Waals surface area contributed by atoms with Crippen LogP contribution in [0.4, 0.5) is 5.69 Å². The Kier molecular flexibility index (Phi) is 7.10. The number of halogens is 1. The lowest BCUT2D eigenvalue weighted by atomic mass is 9.93. The zero-order valence-corrected chi connectivity index (χ0v) is 21.5. The van der Waals surface area contributed by atoms with Gasteiger partial charge in [0.05, 0.1) is 18.4 Å². The summed E-state index contributed by atoms with van der Waals surface area (Å²) in [5.74, 6) is 1.67. The van der Waals surface area contributed by atoms with Crippen molar-refractivity contribution in [2.45, 2.75) is 39.5 Å². The van der Waals surface area contributed by atoms with Crippen LogP contribution in [0.25, 0.3) is 11.0 Å². The van der Waals surface area contributed by atoms with Gasteiger partial charge in [0.1, 0.15) is 17.1 Å². The lowest BCUT2D eigenvalue weighted by molar-refractivity contribution is -0.0136. The van der Waals surface area contributed by atoms with Crippen molar-refractivity contribution < 1.29 is 13.9 Å². The number of para-hydroxylation sites is 1. The standard InChI is InChI=1S/C27H34ClN3O3/c1-6-12-31(26(32)21-9-7-8-19-17-24(27(2,3)4)34-25(19)21)30-15-13-29(14-16-30)22-18-20(28)10-11-23(22)33-5/h7-11,17-18H,6,12-16H2,1-5H3. The van der Waals surface area contributed by atoms with Gasteiger partial charge < -0.3 is 14.1 Å². The van der Waals surface area contributed by atoms with Crippen molar-refractivity contribution in [3.8, 4) is 5.75 Å². The molecule has 1 amide bonds. The molecule has 0 saturated carbocycles. The molecule has 0 unspecified atom stereocenters. The highest BCUT2D eigenvalue weighted by Crippen LogP contribution is 2.33. The van der Waals surface area contributed by atoms with Gasteiger partial charge >= 0.3 is 0 Å². The van der Waals surface area contributed by atoms with Gasteiger partial charge in [0.25, 0.3) is 5.91 Å². The molecule has 0 N–H and O–H groups in total. The van der Waals surface area contributed by atoms with Crippen molar-refractivity contribution in [2.75, 3.05) is 44.7 Å². The number of amides is 1. The Hall–Kier alpha value is -2.70. The summed E-state index contributed by atoms with van der Waals surface area (Å²) < 4.78 is 11.8. The van der Waals surface area contributed by atoms with Crippen LogP contribution < -0.4 is 9.64 Å². The van der Waals surface area contributed by atoms with Gasteiger partial charge in [-0.05, 0) is 36.8 Å². The SMILES string of the molecule is CCCN(C(=O)c1cccc2cc(C(C)(C)C)oc12)N1CCN(c2cc(Cl)ccc2OC)CC1. The molecular formula is C27H34ClN3O3. The summed E-state index contributed by atoms with van der Waals surface area (Å²) in [5.41, 5.74) is 2.14. The number of carbonyl (C=O) groups is 1. The van der Waals surface area contributed by atoms with Crippen LogP contribution in [-0.4, -0.2) is 55.8 Å². The zero-order chi connectivity index (χ0) is 24.5. The van der Waals surface area contributed by atoms with Gasteiger partial charge in [-0.2, -0.15) is 0 Å². The summed E-state index contributed by atoms with van der Waals surface area (Å²) in [6.45, 7) is 12.1. The number of methoxy groups -OCH3 is 1. The molecule has 34 heavy (non-hydrogen) atoms. The number of benzene rings is 2. The summed E-state index contributed by atoms with van der Waals surface area (Å²) in [6.07, 6.45) is 0.870. The van der Waals surface area contributed by atoms with Gasteiger partial charge in [0.2, 0.25) is 0 Å². The van der Waals surface area contributed by atoms with Crippen LogP contribution in [0.5, 0.6) is 5.75 Å². The molecule has 0 bridgehead atoms. The van der Waals surface area contributed by atoms with Crippen LogP contribution in [-0.2, 0) is 5.41 Å². The average Bonchev–Trinajstić information content (AvgIpc) is 3.27. The third-order valence-corrected chi connectivity index (χ3v) is 6.50. The molecule has 4 rings (SSSR count). The highest BCUT2D eigenvalue weighted by Gasteiger charge is 2.29. The van der Waals surface area contributed by atoms with E-state index in [1.165, 1.54) is 0 Å². The van der Waals surface area contributed by atoms with Crippen LogP contribution in [0.2, 0.25) is 5.02 Å². The van der Waals surface area contributed by atoms with Gasteiger partial charge in [-0.15, -0.1) is 0 Å². The number of hydrogen-bond acceptors (Lipinski definition) is 5. The van der Waals surface area contributed by atoms with Crippen molar-refractivity contribution >= 4 is 34.2 Å². The van der Waals surface area contributed by atoms with Gasteiger partial charge in [-0.3, -0.25) is 9.80 Å². The summed E-state index contributed by atoms with van der Waals surface area (Å²) >= 11 is 6.25. The van der Waals surface area contributed by atoms with E-state index in [0.717, 1.165) is 55.2 Å². The lowest BCUT2D eigenvalue weighted by Gasteiger charge is -2.42. The topological polar surface area (TPSA) is 49.2 Å². The first kappa shape index (κ1) is 24.4. The number of anilines is 1. The molecule has 1 aliphatic heterocycles. The predicted molar refractivity (Wildman–Crippen MR) is 138 cm³/mol. The van der Waals surface area contributed by atoms with E-state index in [1.807, 2.05) is 47.5 Å².